The van der Waals surface area contributed by atoms with Crippen LogP contribution in [0, 0.1) is 0 Å². The third-order valence-corrected chi connectivity index (χ3v) is 3.38. The van der Waals surface area contributed by atoms with E-state index in [2.05, 4.69) is 12.2 Å². The molecule has 18 heavy (non-hydrogen) atoms. The predicted octanol–water partition coefficient (Wildman–Crippen LogP) is 4.75. The lowest BCUT2D eigenvalue weighted by atomic mass is 10.1. The summed E-state index contributed by atoms with van der Waals surface area (Å²) >= 11 is 11.9. The molecule has 2 nitrogen and oxygen atoms in total. The van der Waals surface area contributed by atoms with E-state index >= 15 is 0 Å². The molecule has 0 saturated carbocycles. The van der Waals surface area contributed by atoms with Crippen LogP contribution in [0.4, 0.5) is 0 Å². The predicted molar refractivity (Wildman–Crippen MR) is 77.2 cm³/mol. The van der Waals surface area contributed by atoms with Crippen LogP contribution in [0.5, 0.6) is 0 Å². The molecule has 1 rings (SSSR count). The number of rotatable bonds is 6. The Hall–Kier alpha value is -0.730. The zero-order valence-electron chi connectivity index (χ0n) is 10.8. The third kappa shape index (κ3) is 4.87. The lowest BCUT2D eigenvalue weighted by molar-refractivity contribution is -0.121. The smallest absolute Gasteiger partial charge is 0.220 e. The maximum absolute atomic E-state index is 11.7. The van der Waals surface area contributed by atoms with Crippen LogP contribution in [0.25, 0.3) is 0 Å². The fourth-order valence-corrected chi connectivity index (χ4v) is 2.35. The van der Waals surface area contributed by atoms with Gasteiger partial charge in [0.15, 0.2) is 0 Å². The monoisotopic (exact) mass is 287 g/mol. The standard InChI is InChI=1S/C14H19Cl2NO/c1-3-4-5-6-14(18)17-10(2)12-8-7-11(15)9-13(12)16/h7-10H,3-6H2,1-2H3,(H,17,18). The summed E-state index contributed by atoms with van der Waals surface area (Å²) in [6.45, 7) is 4.04. The maximum Gasteiger partial charge on any atom is 0.220 e. The second-order valence-corrected chi connectivity index (χ2v) is 5.26. The van der Waals surface area contributed by atoms with Crippen LogP contribution in [0.1, 0.15) is 51.1 Å². The summed E-state index contributed by atoms with van der Waals surface area (Å²) < 4.78 is 0. The minimum atomic E-state index is -0.0936. The van der Waals surface area contributed by atoms with Crippen LogP contribution in [-0.4, -0.2) is 5.91 Å². The lowest BCUT2D eigenvalue weighted by Gasteiger charge is -2.16. The van der Waals surface area contributed by atoms with Crippen molar-refractivity contribution in [3.63, 3.8) is 0 Å². The van der Waals surface area contributed by atoms with E-state index in [0.29, 0.717) is 16.5 Å². The molecule has 1 N–H and O–H groups in total. The third-order valence-electron chi connectivity index (χ3n) is 2.81. The van der Waals surface area contributed by atoms with Crippen LogP contribution in [-0.2, 0) is 4.79 Å². The second kappa shape index (κ2) is 7.65. The van der Waals surface area contributed by atoms with E-state index in [1.807, 2.05) is 13.0 Å². The zero-order chi connectivity index (χ0) is 13.5. The van der Waals surface area contributed by atoms with Crippen LogP contribution < -0.4 is 5.32 Å². The molecular formula is C14H19Cl2NO. The first kappa shape index (κ1) is 15.3. The Morgan fingerprint density at radius 2 is 2.06 bits per heavy atom. The van der Waals surface area contributed by atoms with Gasteiger partial charge in [0.25, 0.3) is 0 Å². The molecule has 0 aliphatic carbocycles. The molecule has 0 aliphatic rings. The molecule has 0 heterocycles. The average Bonchev–Trinajstić information content (AvgIpc) is 2.28. The van der Waals surface area contributed by atoms with E-state index in [1.54, 1.807) is 12.1 Å². The van der Waals surface area contributed by atoms with Crippen molar-refractivity contribution in [2.45, 2.75) is 45.6 Å². The summed E-state index contributed by atoms with van der Waals surface area (Å²) in [7, 11) is 0. The molecule has 0 radical (unpaired) electrons. The summed E-state index contributed by atoms with van der Waals surface area (Å²) in [4.78, 5) is 11.7. The van der Waals surface area contributed by atoms with Gasteiger partial charge in [-0.25, -0.2) is 0 Å². The van der Waals surface area contributed by atoms with Gasteiger partial charge in [0.1, 0.15) is 0 Å². The van der Waals surface area contributed by atoms with Crippen LogP contribution in [0.2, 0.25) is 10.0 Å². The van der Waals surface area contributed by atoms with Gasteiger partial charge in [0, 0.05) is 16.5 Å². The van der Waals surface area contributed by atoms with Crippen molar-refractivity contribution in [1.82, 2.24) is 5.32 Å². The molecular weight excluding hydrogens is 269 g/mol. The number of amides is 1. The average molecular weight is 288 g/mol. The molecule has 1 aromatic rings. The van der Waals surface area contributed by atoms with Gasteiger partial charge in [-0.2, -0.15) is 0 Å². The molecule has 0 aliphatic heterocycles. The fourth-order valence-electron chi connectivity index (χ4n) is 1.78. The van der Waals surface area contributed by atoms with Crippen molar-refractivity contribution in [2.24, 2.45) is 0 Å². The molecule has 0 saturated heterocycles. The van der Waals surface area contributed by atoms with Gasteiger partial charge in [-0.15, -0.1) is 0 Å². The van der Waals surface area contributed by atoms with E-state index in [0.717, 1.165) is 24.8 Å². The Balaban J connectivity index is 2.54. The summed E-state index contributed by atoms with van der Waals surface area (Å²) in [5.41, 5.74) is 0.893. The van der Waals surface area contributed by atoms with Crippen molar-refractivity contribution in [3.8, 4) is 0 Å². The van der Waals surface area contributed by atoms with Crippen molar-refractivity contribution >= 4 is 29.1 Å². The molecule has 0 fully saturated rings. The molecule has 1 amide bonds. The van der Waals surface area contributed by atoms with E-state index < -0.39 is 0 Å². The van der Waals surface area contributed by atoms with E-state index in [4.69, 9.17) is 23.2 Å². The molecule has 1 aromatic carbocycles. The first-order valence-corrected chi connectivity index (χ1v) is 7.04. The Bertz CT molecular complexity index is 407. The van der Waals surface area contributed by atoms with E-state index in [9.17, 15) is 4.79 Å². The van der Waals surface area contributed by atoms with Crippen LogP contribution in [0.15, 0.2) is 18.2 Å². The first-order valence-electron chi connectivity index (χ1n) is 6.29. The highest BCUT2D eigenvalue weighted by molar-refractivity contribution is 6.35. The lowest BCUT2D eigenvalue weighted by Crippen LogP contribution is -2.26. The largest absolute Gasteiger partial charge is 0.350 e. The Morgan fingerprint density at radius 3 is 2.67 bits per heavy atom. The molecule has 0 aromatic heterocycles. The normalized spacial score (nSPS) is 12.2. The number of halogens is 2. The topological polar surface area (TPSA) is 29.1 Å². The maximum atomic E-state index is 11.7. The van der Waals surface area contributed by atoms with Crippen LogP contribution in [0.3, 0.4) is 0 Å². The van der Waals surface area contributed by atoms with Crippen LogP contribution >= 0.6 is 23.2 Å². The summed E-state index contributed by atoms with van der Waals surface area (Å²) in [5, 5.41) is 4.14. The number of hydrogen-bond donors (Lipinski definition) is 1. The number of nitrogens with one attached hydrogen (secondary N) is 1. The fraction of sp³-hybridized carbons (Fsp3) is 0.500. The molecule has 1 atom stereocenters. The highest BCUT2D eigenvalue weighted by atomic mass is 35.5. The highest BCUT2D eigenvalue weighted by Crippen LogP contribution is 2.26. The highest BCUT2D eigenvalue weighted by Gasteiger charge is 2.12. The quantitative estimate of drug-likeness (QED) is 0.752. The SMILES string of the molecule is CCCCCC(=O)NC(C)c1ccc(Cl)cc1Cl. The molecule has 100 valence electrons. The van der Waals surface area contributed by atoms with Crippen molar-refractivity contribution in [2.75, 3.05) is 0 Å². The van der Waals surface area contributed by atoms with Gasteiger partial charge in [0.2, 0.25) is 5.91 Å². The van der Waals surface area contributed by atoms with E-state index in [-0.39, 0.29) is 11.9 Å². The van der Waals surface area contributed by atoms with E-state index in [1.165, 1.54) is 0 Å². The summed E-state index contributed by atoms with van der Waals surface area (Å²) in [5.74, 6) is 0.0713. The zero-order valence-corrected chi connectivity index (χ0v) is 12.3. The Labute approximate surface area is 119 Å². The number of hydrogen-bond acceptors (Lipinski definition) is 1. The van der Waals surface area contributed by atoms with Crippen molar-refractivity contribution in [3.05, 3.63) is 33.8 Å². The first-order chi connectivity index (χ1) is 8.54. The van der Waals surface area contributed by atoms with Crippen molar-refractivity contribution in [1.29, 1.82) is 0 Å². The van der Waals surface area contributed by atoms with Crippen molar-refractivity contribution < 1.29 is 4.79 Å². The Kier molecular flexibility index (Phi) is 6.51. The summed E-state index contributed by atoms with van der Waals surface area (Å²) in [6.07, 6.45) is 3.71. The minimum absolute atomic E-state index is 0.0713. The number of carbonyl (C=O) groups is 1. The van der Waals surface area contributed by atoms with Gasteiger partial charge in [0.05, 0.1) is 6.04 Å². The molecule has 1 unspecified atom stereocenters. The number of unbranched alkanes of at least 4 members (excludes halogenated alkanes) is 2. The van der Waals surface area contributed by atoms with Gasteiger partial charge < -0.3 is 5.32 Å². The number of benzene rings is 1. The molecule has 0 spiro atoms. The van der Waals surface area contributed by atoms with Gasteiger partial charge >= 0.3 is 0 Å². The number of carbonyl (C=O) groups excluding carboxylic acids is 1. The van der Waals surface area contributed by atoms with Gasteiger partial charge in [-0.05, 0) is 31.0 Å². The molecule has 0 bridgehead atoms. The van der Waals surface area contributed by atoms with Gasteiger partial charge in [-0.3, -0.25) is 4.79 Å². The van der Waals surface area contributed by atoms with Gasteiger partial charge in [-0.1, -0.05) is 49.0 Å². The minimum Gasteiger partial charge on any atom is -0.350 e. The Morgan fingerprint density at radius 1 is 1.33 bits per heavy atom. The second-order valence-electron chi connectivity index (χ2n) is 4.41. The summed E-state index contributed by atoms with van der Waals surface area (Å²) in [6, 6.07) is 5.23. The molecule has 4 heteroatoms.